The topological polar surface area (TPSA) is 20.3 Å². The minimum absolute atomic E-state index is 0.162. The third-order valence-electron chi connectivity index (χ3n) is 2.98. The summed E-state index contributed by atoms with van der Waals surface area (Å²) in [5.74, 6) is 0.885. The Bertz CT molecular complexity index is 393. The number of hydrogen-bond donors (Lipinski definition) is 0. The highest BCUT2D eigenvalue weighted by molar-refractivity contribution is 9.13. The molecule has 1 aromatic heterocycles. The fraction of sp³-hybridized carbons (Fsp3) is 0.545. The number of amides is 1. The fourth-order valence-electron chi connectivity index (χ4n) is 1.90. The van der Waals surface area contributed by atoms with Crippen LogP contribution in [0, 0.1) is 5.92 Å². The van der Waals surface area contributed by atoms with Crippen molar-refractivity contribution < 1.29 is 4.79 Å². The molecule has 2 nitrogen and oxygen atoms in total. The first-order chi connectivity index (χ1) is 8.11. The highest BCUT2D eigenvalue weighted by Crippen LogP contribution is 2.33. The van der Waals surface area contributed by atoms with Crippen molar-refractivity contribution in [3.8, 4) is 0 Å². The number of thiophene rings is 1. The highest BCUT2D eigenvalue weighted by Gasteiger charge is 2.24. The predicted molar refractivity (Wildman–Crippen MR) is 82.1 cm³/mol. The Balaban J connectivity index is 2.01. The Morgan fingerprint density at radius 2 is 2.06 bits per heavy atom. The van der Waals surface area contributed by atoms with Crippen molar-refractivity contribution in [2.24, 2.45) is 5.92 Å². The molecule has 17 heavy (non-hydrogen) atoms. The number of piperidine rings is 1. The van der Waals surface area contributed by atoms with Gasteiger partial charge in [0, 0.05) is 22.9 Å². The van der Waals surface area contributed by atoms with Crippen LogP contribution in [-0.2, 0) is 0 Å². The van der Waals surface area contributed by atoms with Crippen molar-refractivity contribution in [3.05, 3.63) is 19.2 Å². The van der Waals surface area contributed by atoms with E-state index in [1.54, 1.807) is 0 Å². The molecule has 0 aromatic carbocycles. The second-order valence-electron chi connectivity index (χ2n) is 4.12. The van der Waals surface area contributed by atoms with E-state index in [1.165, 1.54) is 11.3 Å². The predicted octanol–water partition coefficient (Wildman–Crippen LogP) is 4.52. The van der Waals surface area contributed by atoms with Crippen LogP contribution in [0.2, 0.25) is 0 Å². The molecule has 1 saturated heterocycles. The van der Waals surface area contributed by atoms with Gasteiger partial charge in [0.15, 0.2) is 0 Å². The summed E-state index contributed by atoms with van der Waals surface area (Å²) in [5, 5.41) is 1.05. The fourth-order valence-corrected chi connectivity index (χ4v) is 4.55. The molecule has 1 amide bonds. The maximum absolute atomic E-state index is 12.2. The second kappa shape index (κ2) is 6.17. The summed E-state index contributed by atoms with van der Waals surface area (Å²) >= 11 is 11.8. The summed E-state index contributed by atoms with van der Waals surface area (Å²) in [6.07, 6.45) is 2.20. The van der Waals surface area contributed by atoms with Crippen LogP contribution in [0.1, 0.15) is 22.5 Å². The maximum Gasteiger partial charge on any atom is 0.264 e. The zero-order chi connectivity index (χ0) is 12.4. The third-order valence-corrected chi connectivity index (χ3v) is 7.14. The van der Waals surface area contributed by atoms with Crippen LogP contribution < -0.4 is 0 Å². The molecule has 1 aliphatic heterocycles. The molecule has 0 N–H and O–H groups in total. The normalized spacial score (nSPS) is 17.5. The first kappa shape index (κ1) is 14.0. The Labute approximate surface area is 130 Å². The van der Waals surface area contributed by atoms with Crippen molar-refractivity contribution in [3.63, 3.8) is 0 Å². The quantitative estimate of drug-likeness (QED) is 0.613. The molecular formula is C11H12Br3NOS. The number of alkyl halides is 1. The van der Waals surface area contributed by atoms with Gasteiger partial charge in [-0.15, -0.1) is 11.3 Å². The average Bonchev–Trinajstić information content (AvgIpc) is 2.69. The molecule has 2 rings (SSSR count). The van der Waals surface area contributed by atoms with Gasteiger partial charge in [-0.3, -0.25) is 4.79 Å². The molecule has 0 atom stereocenters. The van der Waals surface area contributed by atoms with E-state index in [1.807, 2.05) is 11.0 Å². The van der Waals surface area contributed by atoms with Gasteiger partial charge in [-0.25, -0.2) is 0 Å². The molecule has 2 heterocycles. The minimum atomic E-state index is 0.162. The van der Waals surface area contributed by atoms with E-state index in [-0.39, 0.29) is 5.91 Å². The molecular weight excluding hydrogens is 434 g/mol. The van der Waals surface area contributed by atoms with Crippen LogP contribution in [0.3, 0.4) is 0 Å². The van der Waals surface area contributed by atoms with Gasteiger partial charge in [-0.2, -0.15) is 0 Å². The van der Waals surface area contributed by atoms with E-state index < -0.39 is 0 Å². The second-order valence-corrected chi connectivity index (χ2v) is 7.99. The molecule has 0 bridgehead atoms. The van der Waals surface area contributed by atoms with Crippen molar-refractivity contribution in [2.45, 2.75) is 12.8 Å². The van der Waals surface area contributed by atoms with Crippen LogP contribution in [0.5, 0.6) is 0 Å². The van der Waals surface area contributed by atoms with Gasteiger partial charge in [-0.1, -0.05) is 15.9 Å². The van der Waals surface area contributed by atoms with Gasteiger partial charge < -0.3 is 4.90 Å². The number of rotatable bonds is 2. The number of carbonyl (C=O) groups is 1. The summed E-state index contributed by atoms with van der Waals surface area (Å²) in [5.41, 5.74) is 0. The van der Waals surface area contributed by atoms with Crippen LogP contribution >= 0.6 is 59.1 Å². The Hall–Kier alpha value is 0.610. The maximum atomic E-state index is 12.2. The van der Waals surface area contributed by atoms with Crippen LogP contribution in [0.15, 0.2) is 14.3 Å². The van der Waals surface area contributed by atoms with E-state index in [4.69, 9.17) is 0 Å². The highest BCUT2D eigenvalue weighted by atomic mass is 79.9. The monoisotopic (exact) mass is 443 g/mol. The summed E-state index contributed by atoms with van der Waals surface area (Å²) in [6.45, 7) is 1.75. The van der Waals surface area contributed by atoms with Crippen molar-refractivity contribution >= 4 is 65.0 Å². The SMILES string of the molecule is O=C(c1cc(Br)c(Br)s1)N1CCC(CBr)CC1. The molecule has 0 saturated carbocycles. The summed E-state index contributed by atoms with van der Waals surface area (Å²) in [6, 6.07) is 1.90. The summed E-state index contributed by atoms with van der Waals surface area (Å²) < 4.78 is 1.94. The number of likely N-dealkylation sites (tertiary alicyclic amines) is 1. The van der Waals surface area contributed by atoms with Crippen LogP contribution in [0.4, 0.5) is 0 Å². The van der Waals surface area contributed by atoms with Gasteiger partial charge >= 0.3 is 0 Å². The number of carbonyl (C=O) groups excluding carboxylic acids is 1. The standard InChI is InChI=1S/C11H12Br3NOS/c12-6-7-1-3-15(4-2-7)11(16)9-5-8(13)10(14)17-9/h5,7H,1-4,6H2. The smallest absolute Gasteiger partial charge is 0.264 e. The third kappa shape index (κ3) is 3.33. The van der Waals surface area contributed by atoms with E-state index in [0.29, 0.717) is 0 Å². The lowest BCUT2D eigenvalue weighted by Crippen LogP contribution is -2.38. The van der Waals surface area contributed by atoms with E-state index in [9.17, 15) is 4.79 Å². The number of nitrogens with zero attached hydrogens (tertiary/aromatic N) is 1. The molecule has 0 aliphatic carbocycles. The zero-order valence-corrected chi connectivity index (χ0v) is 14.7. The zero-order valence-electron chi connectivity index (χ0n) is 9.09. The lowest BCUT2D eigenvalue weighted by atomic mass is 9.99. The summed E-state index contributed by atoms with van der Waals surface area (Å²) in [7, 11) is 0. The van der Waals surface area contributed by atoms with Crippen LogP contribution in [-0.4, -0.2) is 29.2 Å². The van der Waals surface area contributed by atoms with E-state index in [0.717, 1.165) is 50.3 Å². The number of halogens is 3. The molecule has 1 aliphatic rings. The molecule has 0 unspecified atom stereocenters. The van der Waals surface area contributed by atoms with Gasteiger partial charge in [0.1, 0.15) is 0 Å². The molecule has 0 spiro atoms. The molecule has 0 radical (unpaired) electrons. The first-order valence-corrected chi connectivity index (χ1v) is 8.94. The van der Waals surface area contributed by atoms with Crippen molar-refractivity contribution in [2.75, 3.05) is 18.4 Å². The molecule has 1 fully saturated rings. The van der Waals surface area contributed by atoms with Gasteiger partial charge in [0.05, 0.1) is 8.66 Å². The average molecular weight is 446 g/mol. The molecule has 1 aromatic rings. The van der Waals surface area contributed by atoms with Crippen molar-refractivity contribution in [1.29, 1.82) is 0 Å². The molecule has 94 valence electrons. The lowest BCUT2D eigenvalue weighted by molar-refractivity contribution is 0.0704. The van der Waals surface area contributed by atoms with Gasteiger partial charge in [0.25, 0.3) is 5.91 Å². The Morgan fingerprint density at radius 1 is 1.41 bits per heavy atom. The molecule has 6 heteroatoms. The Kier molecular flexibility index (Phi) is 5.09. The van der Waals surface area contributed by atoms with E-state index >= 15 is 0 Å². The largest absolute Gasteiger partial charge is 0.338 e. The number of hydrogen-bond acceptors (Lipinski definition) is 2. The first-order valence-electron chi connectivity index (χ1n) is 5.42. The Morgan fingerprint density at radius 3 is 2.53 bits per heavy atom. The lowest BCUT2D eigenvalue weighted by Gasteiger charge is -2.30. The summed E-state index contributed by atoms with van der Waals surface area (Å²) in [4.78, 5) is 15.0. The van der Waals surface area contributed by atoms with E-state index in [2.05, 4.69) is 47.8 Å². The van der Waals surface area contributed by atoms with Gasteiger partial charge in [0.2, 0.25) is 0 Å². The van der Waals surface area contributed by atoms with Crippen LogP contribution in [0.25, 0.3) is 0 Å². The van der Waals surface area contributed by atoms with Gasteiger partial charge in [-0.05, 0) is 56.7 Å². The minimum Gasteiger partial charge on any atom is -0.338 e. The van der Waals surface area contributed by atoms with Crippen molar-refractivity contribution in [1.82, 2.24) is 4.90 Å².